The third-order valence-electron chi connectivity index (χ3n) is 4.40. The number of nitriles is 2. The van der Waals surface area contributed by atoms with E-state index in [9.17, 15) is 19.7 Å². The molecule has 6 nitrogen and oxygen atoms in total. The van der Waals surface area contributed by atoms with Crippen LogP contribution < -0.4 is 9.64 Å². The summed E-state index contributed by atoms with van der Waals surface area (Å²) in [6.07, 6.45) is 0. The number of piperazine rings is 1. The minimum Gasteiger partial charge on any atom is -0.484 e. The Morgan fingerprint density at radius 2 is 1.59 bits per heavy atom. The molecule has 7 heteroatoms. The van der Waals surface area contributed by atoms with Crippen LogP contribution in [0.15, 0.2) is 42.5 Å². The molecule has 0 bridgehead atoms. The van der Waals surface area contributed by atoms with E-state index in [1.807, 2.05) is 4.90 Å². The van der Waals surface area contributed by atoms with Gasteiger partial charge in [-0.15, -0.1) is 0 Å². The molecule has 1 heterocycles. The highest BCUT2D eigenvalue weighted by atomic mass is 19.1. The first-order valence-electron chi connectivity index (χ1n) is 8.46. The van der Waals surface area contributed by atoms with Gasteiger partial charge < -0.3 is 14.5 Å². The van der Waals surface area contributed by atoms with E-state index in [0.29, 0.717) is 48.7 Å². The third kappa shape index (κ3) is 4.16. The fourth-order valence-electron chi connectivity index (χ4n) is 3.01. The fourth-order valence-corrected chi connectivity index (χ4v) is 3.01. The Morgan fingerprint density at radius 1 is 1.00 bits per heavy atom. The van der Waals surface area contributed by atoms with Crippen LogP contribution in [-0.2, 0) is 4.79 Å². The minimum atomic E-state index is -0.362. The lowest BCUT2D eigenvalue weighted by Gasteiger charge is -2.36. The van der Waals surface area contributed by atoms with E-state index in [4.69, 9.17) is 4.74 Å². The number of hydrogen-bond donors (Lipinski definition) is 0. The molecule has 0 aromatic heterocycles. The Labute approximate surface area is 156 Å². The summed E-state index contributed by atoms with van der Waals surface area (Å²) in [7, 11) is 0. The van der Waals surface area contributed by atoms with Gasteiger partial charge in [0, 0.05) is 26.2 Å². The number of ether oxygens (including phenoxy) is 1. The molecule has 1 saturated heterocycles. The van der Waals surface area contributed by atoms with Gasteiger partial charge in [-0.05, 0) is 36.4 Å². The van der Waals surface area contributed by atoms with Gasteiger partial charge in [0.25, 0.3) is 5.91 Å². The summed E-state index contributed by atoms with van der Waals surface area (Å²) in [5.74, 6) is -0.0859. The number of para-hydroxylation sites is 1. The van der Waals surface area contributed by atoms with Crippen LogP contribution in [0.1, 0.15) is 11.1 Å². The molecule has 0 atom stereocenters. The maximum Gasteiger partial charge on any atom is 0.260 e. The molecule has 1 aliphatic heterocycles. The van der Waals surface area contributed by atoms with Gasteiger partial charge in [-0.25, -0.2) is 4.39 Å². The summed E-state index contributed by atoms with van der Waals surface area (Å²) in [5.41, 5.74) is 1.53. The number of carbonyl (C=O) groups is 1. The average Bonchev–Trinajstić information content (AvgIpc) is 2.72. The van der Waals surface area contributed by atoms with E-state index in [0.717, 1.165) is 0 Å². The van der Waals surface area contributed by atoms with Crippen LogP contribution >= 0.6 is 0 Å². The molecule has 136 valence electrons. The Balaban J connectivity index is 1.59. The van der Waals surface area contributed by atoms with Crippen molar-refractivity contribution in [2.75, 3.05) is 37.7 Å². The van der Waals surface area contributed by atoms with Crippen molar-refractivity contribution < 1.29 is 13.9 Å². The monoisotopic (exact) mass is 364 g/mol. The molecule has 3 rings (SSSR count). The number of nitrogens with zero attached hydrogens (tertiary/aromatic N) is 4. The molecule has 0 unspecified atom stereocenters. The van der Waals surface area contributed by atoms with E-state index in [1.165, 1.54) is 24.3 Å². The Bertz CT molecular complexity index is 875. The van der Waals surface area contributed by atoms with Crippen LogP contribution in [0.5, 0.6) is 5.75 Å². The standard InChI is InChI=1S/C20H17FN4O2/c21-17-4-6-18(7-5-17)27-14-19(26)24-8-10-25(11-9-24)20-15(12-22)2-1-3-16(20)13-23/h1-7H,8-11,14H2. The van der Waals surface area contributed by atoms with Crippen molar-refractivity contribution in [3.8, 4) is 17.9 Å². The molecule has 0 spiro atoms. The highest BCUT2D eigenvalue weighted by Crippen LogP contribution is 2.26. The predicted molar refractivity (Wildman–Crippen MR) is 96.6 cm³/mol. The molecule has 0 N–H and O–H groups in total. The molecule has 2 aromatic rings. The minimum absolute atomic E-state index is 0.121. The predicted octanol–water partition coefficient (Wildman–Crippen LogP) is 2.30. The quantitative estimate of drug-likeness (QED) is 0.832. The second-order valence-electron chi connectivity index (χ2n) is 6.04. The van der Waals surface area contributed by atoms with Gasteiger partial charge in [0.05, 0.1) is 16.8 Å². The second kappa shape index (κ2) is 8.20. The van der Waals surface area contributed by atoms with Crippen LogP contribution in [0.3, 0.4) is 0 Å². The zero-order chi connectivity index (χ0) is 19.2. The van der Waals surface area contributed by atoms with Crippen molar-refractivity contribution in [2.45, 2.75) is 0 Å². The highest BCUT2D eigenvalue weighted by molar-refractivity contribution is 5.78. The topological polar surface area (TPSA) is 80.4 Å². The highest BCUT2D eigenvalue weighted by Gasteiger charge is 2.24. The fraction of sp³-hybridized carbons (Fsp3) is 0.250. The first-order valence-corrected chi connectivity index (χ1v) is 8.46. The lowest BCUT2D eigenvalue weighted by Crippen LogP contribution is -2.50. The number of hydrogen-bond acceptors (Lipinski definition) is 5. The molecule has 1 amide bonds. The molecular formula is C20H17FN4O2. The van der Waals surface area contributed by atoms with E-state index in [1.54, 1.807) is 23.1 Å². The molecule has 0 aliphatic carbocycles. The van der Waals surface area contributed by atoms with Gasteiger partial charge in [-0.1, -0.05) is 6.07 Å². The first-order chi connectivity index (χ1) is 13.1. The summed E-state index contributed by atoms with van der Waals surface area (Å²) < 4.78 is 18.3. The molecule has 27 heavy (non-hydrogen) atoms. The maximum atomic E-state index is 12.9. The number of carbonyl (C=O) groups excluding carboxylic acids is 1. The number of halogens is 1. The van der Waals surface area contributed by atoms with E-state index < -0.39 is 0 Å². The summed E-state index contributed by atoms with van der Waals surface area (Å²) in [6, 6.07) is 14.8. The SMILES string of the molecule is N#Cc1cccc(C#N)c1N1CCN(C(=O)COc2ccc(F)cc2)CC1. The Hall–Kier alpha value is -3.58. The lowest BCUT2D eigenvalue weighted by atomic mass is 10.1. The van der Waals surface area contributed by atoms with Crippen LogP contribution in [0.4, 0.5) is 10.1 Å². The van der Waals surface area contributed by atoms with Crippen molar-refractivity contribution in [3.63, 3.8) is 0 Å². The van der Waals surface area contributed by atoms with Crippen molar-refractivity contribution in [3.05, 3.63) is 59.4 Å². The number of rotatable bonds is 4. The van der Waals surface area contributed by atoms with Gasteiger partial charge in [0.15, 0.2) is 6.61 Å². The second-order valence-corrected chi connectivity index (χ2v) is 6.04. The molecule has 1 fully saturated rings. The van der Waals surface area contributed by atoms with Crippen molar-refractivity contribution in [1.29, 1.82) is 10.5 Å². The summed E-state index contributed by atoms with van der Waals surface area (Å²) >= 11 is 0. The largest absolute Gasteiger partial charge is 0.484 e. The van der Waals surface area contributed by atoms with Gasteiger partial charge in [-0.2, -0.15) is 10.5 Å². The summed E-state index contributed by atoms with van der Waals surface area (Å²) in [4.78, 5) is 16.0. The van der Waals surface area contributed by atoms with Gasteiger partial charge in [-0.3, -0.25) is 4.79 Å². The average molecular weight is 364 g/mol. The Kier molecular flexibility index (Phi) is 5.53. The van der Waals surface area contributed by atoms with Crippen molar-refractivity contribution in [2.24, 2.45) is 0 Å². The summed E-state index contributed by atoms with van der Waals surface area (Å²) in [6.45, 7) is 1.86. The zero-order valence-electron chi connectivity index (χ0n) is 14.6. The first kappa shape index (κ1) is 18.2. The van der Waals surface area contributed by atoms with Crippen LogP contribution in [0, 0.1) is 28.5 Å². The normalized spacial score (nSPS) is 13.6. The van der Waals surface area contributed by atoms with Gasteiger partial charge in [0.1, 0.15) is 23.7 Å². The molecule has 0 saturated carbocycles. The smallest absolute Gasteiger partial charge is 0.260 e. The molecule has 0 radical (unpaired) electrons. The van der Waals surface area contributed by atoms with Crippen LogP contribution in [0.2, 0.25) is 0 Å². The van der Waals surface area contributed by atoms with Gasteiger partial charge >= 0.3 is 0 Å². The molecular weight excluding hydrogens is 347 g/mol. The number of amides is 1. The zero-order valence-corrected chi connectivity index (χ0v) is 14.6. The van der Waals surface area contributed by atoms with Crippen molar-refractivity contribution >= 4 is 11.6 Å². The van der Waals surface area contributed by atoms with Gasteiger partial charge in [0.2, 0.25) is 0 Å². The molecule has 1 aliphatic rings. The Morgan fingerprint density at radius 3 is 2.15 bits per heavy atom. The van der Waals surface area contributed by atoms with E-state index in [2.05, 4.69) is 12.1 Å². The third-order valence-corrected chi connectivity index (χ3v) is 4.40. The van der Waals surface area contributed by atoms with E-state index in [-0.39, 0.29) is 18.3 Å². The number of benzene rings is 2. The van der Waals surface area contributed by atoms with Crippen LogP contribution in [0.25, 0.3) is 0 Å². The van der Waals surface area contributed by atoms with Crippen LogP contribution in [-0.4, -0.2) is 43.6 Å². The number of anilines is 1. The van der Waals surface area contributed by atoms with Crippen molar-refractivity contribution in [1.82, 2.24) is 4.90 Å². The van der Waals surface area contributed by atoms with E-state index >= 15 is 0 Å². The maximum absolute atomic E-state index is 12.9. The summed E-state index contributed by atoms with van der Waals surface area (Å²) in [5, 5.41) is 18.6. The molecule has 2 aromatic carbocycles. The lowest BCUT2D eigenvalue weighted by molar-refractivity contribution is -0.133.